The number of fused-ring (bicyclic) bond motifs is 1. The van der Waals surface area contributed by atoms with E-state index in [1.165, 1.54) is 12.1 Å². The molecule has 9 heteroatoms. The minimum absolute atomic E-state index is 0.0380. The van der Waals surface area contributed by atoms with Gasteiger partial charge in [0.05, 0.1) is 0 Å². The molecule has 3 aromatic carbocycles. The van der Waals surface area contributed by atoms with Crippen LogP contribution in [0.4, 0.5) is 11.4 Å². The third kappa shape index (κ3) is 3.49. The minimum Gasteiger partial charge on any atom is -0.355 e. The maximum atomic E-state index is 11.9. The van der Waals surface area contributed by atoms with E-state index < -0.39 is 30.0 Å². The second kappa shape index (κ2) is 6.12. The van der Waals surface area contributed by atoms with E-state index in [1.807, 2.05) is 0 Å². The average molecular weight is 379 g/mol. The van der Waals surface area contributed by atoms with Crippen LogP contribution in [0.3, 0.4) is 0 Å². The number of benzene rings is 3. The van der Waals surface area contributed by atoms with Gasteiger partial charge in [0.25, 0.3) is 20.2 Å². The van der Waals surface area contributed by atoms with Gasteiger partial charge >= 0.3 is 0 Å². The highest BCUT2D eigenvalue weighted by Crippen LogP contribution is 2.36. The largest absolute Gasteiger partial charge is 0.355 e. The number of hydrogen-bond donors (Lipinski definition) is 3. The Labute approximate surface area is 144 Å². The Hall–Kier alpha value is -2.46. The fourth-order valence-electron chi connectivity index (χ4n) is 2.57. The Bertz CT molecular complexity index is 1160. The van der Waals surface area contributed by atoms with Gasteiger partial charge in [0, 0.05) is 16.8 Å². The average Bonchev–Trinajstić information content (AvgIpc) is 2.53. The van der Waals surface area contributed by atoms with Crippen LogP contribution in [-0.2, 0) is 20.2 Å². The standard InChI is InChI=1S/C16H13NO6S2/c18-24(19,20)14-10-9-11-5-4-8-13(15(11)16(14)25(21,22)23)17-12-6-2-1-3-7-12/h1-10,17H,(H,18,19,20)(H,21,22,23). The zero-order chi connectivity index (χ0) is 18.2. The van der Waals surface area contributed by atoms with Crippen LogP contribution in [0.25, 0.3) is 10.8 Å². The van der Waals surface area contributed by atoms with Crippen molar-refractivity contribution in [2.45, 2.75) is 9.79 Å². The van der Waals surface area contributed by atoms with Crippen LogP contribution in [0.1, 0.15) is 0 Å². The van der Waals surface area contributed by atoms with Crippen LogP contribution in [0.2, 0.25) is 0 Å². The molecular formula is C16H13NO6S2. The van der Waals surface area contributed by atoms with Gasteiger partial charge in [-0.3, -0.25) is 9.11 Å². The summed E-state index contributed by atoms with van der Waals surface area (Å²) >= 11 is 0. The summed E-state index contributed by atoms with van der Waals surface area (Å²) in [7, 11) is -9.80. The molecule has 0 aliphatic heterocycles. The Kier molecular flexibility index (Phi) is 4.25. The lowest BCUT2D eigenvalue weighted by Crippen LogP contribution is -2.10. The molecule has 0 aliphatic rings. The van der Waals surface area contributed by atoms with Gasteiger partial charge in [0.2, 0.25) is 0 Å². The molecule has 0 bridgehead atoms. The van der Waals surface area contributed by atoms with Gasteiger partial charge in [-0.05, 0) is 29.7 Å². The van der Waals surface area contributed by atoms with Crippen molar-refractivity contribution in [3.63, 3.8) is 0 Å². The molecule has 0 aliphatic carbocycles. The van der Waals surface area contributed by atoms with E-state index in [4.69, 9.17) is 0 Å². The molecule has 25 heavy (non-hydrogen) atoms. The van der Waals surface area contributed by atoms with Crippen LogP contribution in [-0.4, -0.2) is 25.9 Å². The maximum absolute atomic E-state index is 11.9. The topological polar surface area (TPSA) is 121 Å². The van der Waals surface area contributed by atoms with Crippen LogP contribution < -0.4 is 5.32 Å². The summed E-state index contributed by atoms with van der Waals surface area (Å²) < 4.78 is 65.8. The third-order valence-electron chi connectivity index (χ3n) is 3.55. The van der Waals surface area contributed by atoms with Gasteiger partial charge in [0.1, 0.15) is 9.79 Å². The molecule has 3 N–H and O–H groups in total. The summed E-state index contributed by atoms with van der Waals surface area (Å²) in [4.78, 5) is -1.75. The van der Waals surface area contributed by atoms with Crippen molar-refractivity contribution in [1.29, 1.82) is 0 Å². The van der Waals surface area contributed by atoms with Gasteiger partial charge in [0.15, 0.2) is 0 Å². The number of para-hydroxylation sites is 1. The zero-order valence-corrected chi connectivity index (χ0v) is 14.3. The van der Waals surface area contributed by atoms with Crippen LogP contribution in [0.15, 0.2) is 70.5 Å². The molecule has 0 spiro atoms. The predicted octanol–water partition coefficient (Wildman–Crippen LogP) is 3.08. The van der Waals surface area contributed by atoms with E-state index in [-0.39, 0.29) is 11.1 Å². The SMILES string of the molecule is O=S(=O)(O)c1ccc2cccc(Nc3ccccc3)c2c1S(=O)(=O)O. The molecule has 0 fully saturated rings. The van der Waals surface area contributed by atoms with Gasteiger partial charge in [-0.2, -0.15) is 16.8 Å². The van der Waals surface area contributed by atoms with Crippen molar-refractivity contribution in [3.05, 3.63) is 60.7 Å². The molecule has 3 aromatic rings. The van der Waals surface area contributed by atoms with Gasteiger partial charge in [-0.15, -0.1) is 0 Å². The highest BCUT2D eigenvalue weighted by molar-refractivity contribution is 7.89. The van der Waals surface area contributed by atoms with E-state index in [0.29, 0.717) is 11.1 Å². The Morgan fingerprint density at radius 2 is 1.40 bits per heavy atom. The molecule has 7 nitrogen and oxygen atoms in total. The van der Waals surface area contributed by atoms with Crippen LogP contribution in [0, 0.1) is 0 Å². The zero-order valence-electron chi connectivity index (χ0n) is 12.6. The lowest BCUT2D eigenvalue weighted by Gasteiger charge is -2.14. The number of rotatable bonds is 4. The highest BCUT2D eigenvalue weighted by Gasteiger charge is 2.27. The second-order valence-electron chi connectivity index (χ2n) is 5.24. The molecule has 0 aromatic heterocycles. The van der Waals surface area contributed by atoms with Gasteiger partial charge in [-0.1, -0.05) is 36.4 Å². The van der Waals surface area contributed by atoms with E-state index in [0.717, 1.165) is 6.07 Å². The Morgan fingerprint density at radius 3 is 2.00 bits per heavy atom. The molecule has 130 valence electrons. The first kappa shape index (κ1) is 17.4. The quantitative estimate of drug-likeness (QED) is 0.596. The molecule has 0 atom stereocenters. The number of nitrogens with one attached hydrogen (secondary N) is 1. The van der Waals surface area contributed by atoms with Crippen LogP contribution in [0.5, 0.6) is 0 Å². The van der Waals surface area contributed by atoms with E-state index in [2.05, 4.69) is 5.32 Å². The molecule has 0 heterocycles. The lowest BCUT2D eigenvalue weighted by molar-refractivity contribution is 0.468. The molecular weight excluding hydrogens is 366 g/mol. The van der Waals surface area contributed by atoms with Gasteiger partial charge < -0.3 is 5.32 Å². The highest BCUT2D eigenvalue weighted by atomic mass is 32.2. The fraction of sp³-hybridized carbons (Fsp3) is 0. The van der Waals surface area contributed by atoms with Crippen molar-refractivity contribution in [3.8, 4) is 0 Å². The summed E-state index contributed by atoms with van der Waals surface area (Å²) in [6, 6.07) is 15.8. The van der Waals surface area contributed by atoms with Crippen molar-refractivity contribution < 1.29 is 25.9 Å². The molecule has 0 saturated carbocycles. The van der Waals surface area contributed by atoms with Gasteiger partial charge in [-0.25, -0.2) is 0 Å². The van der Waals surface area contributed by atoms with Crippen molar-refractivity contribution in [2.24, 2.45) is 0 Å². The second-order valence-corrected chi connectivity index (χ2v) is 7.99. The van der Waals surface area contributed by atoms with Crippen LogP contribution >= 0.6 is 0 Å². The first-order chi connectivity index (χ1) is 11.7. The normalized spacial score (nSPS) is 12.2. The predicted molar refractivity (Wildman–Crippen MR) is 93.3 cm³/mol. The lowest BCUT2D eigenvalue weighted by atomic mass is 10.1. The third-order valence-corrected chi connectivity index (χ3v) is 5.52. The fourth-order valence-corrected chi connectivity index (χ4v) is 4.58. The summed E-state index contributed by atoms with van der Waals surface area (Å²) in [5.41, 5.74) is 0.898. The van der Waals surface area contributed by atoms with Crippen molar-refractivity contribution in [2.75, 3.05) is 5.32 Å². The molecule has 0 radical (unpaired) electrons. The van der Waals surface area contributed by atoms with Crippen molar-refractivity contribution >= 4 is 42.4 Å². The summed E-state index contributed by atoms with van der Waals surface area (Å²) in [6.07, 6.45) is 0. The monoisotopic (exact) mass is 379 g/mol. The van der Waals surface area contributed by atoms with Crippen molar-refractivity contribution in [1.82, 2.24) is 0 Å². The summed E-state index contributed by atoms with van der Waals surface area (Å²) in [6.45, 7) is 0. The molecule has 0 amide bonds. The first-order valence-electron chi connectivity index (χ1n) is 7.01. The number of anilines is 2. The molecule has 0 unspecified atom stereocenters. The molecule has 3 rings (SSSR count). The summed E-state index contributed by atoms with van der Waals surface area (Å²) in [5, 5.41) is 3.32. The van der Waals surface area contributed by atoms with E-state index in [1.54, 1.807) is 42.5 Å². The minimum atomic E-state index is -4.94. The smallest absolute Gasteiger partial charge is 0.296 e. The first-order valence-corrected chi connectivity index (χ1v) is 9.89. The maximum Gasteiger partial charge on any atom is 0.296 e. The van der Waals surface area contributed by atoms with E-state index >= 15 is 0 Å². The Balaban J connectivity index is 2.40. The molecule has 0 saturated heterocycles. The Morgan fingerprint density at radius 1 is 0.720 bits per heavy atom. The summed E-state index contributed by atoms with van der Waals surface area (Å²) in [5.74, 6) is 0. The van der Waals surface area contributed by atoms with E-state index in [9.17, 15) is 25.9 Å². The number of hydrogen-bond acceptors (Lipinski definition) is 5.